The molecule has 47 heavy (non-hydrogen) atoms. The zero-order valence-corrected chi connectivity index (χ0v) is 27.9. The monoisotopic (exact) mass is 675 g/mol. The molecule has 1 N–H and O–H groups in total. The Morgan fingerprint density at radius 3 is 2.21 bits per heavy atom. The van der Waals surface area contributed by atoms with Crippen LogP contribution in [0.3, 0.4) is 0 Å². The predicted octanol–water partition coefficient (Wildman–Crippen LogP) is 7.07. The van der Waals surface area contributed by atoms with Gasteiger partial charge in [0.2, 0.25) is 11.8 Å². The lowest BCUT2D eigenvalue weighted by molar-refractivity contribution is -0.140. The van der Waals surface area contributed by atoms with Crippen molar-refractivity contribution in [3.05, 3.63) is 131 Å². The first-order valence-corrected chi connectivity index (χ1v) is 17.6. The van der Waals surface area contributed by atoms with Crippen LogP contribution >= 0.6 is 11.6 Å². The third-order valence-corrected chi connectivity index (χ3v) is 10.5. The molecule has 0 saturated heterocycles. The molecule has 4 aromatic rings. The maximum Gasteiger partial charge on any atom is 0.264 e. The summed E-state index contributed by atoms with van der Waals surface area (Å²) in [6.45, 7) is 1.22. The van der Waals surface area contributed by atoms with Gasteiger partial charge in [-0.25, -0.2) is 12.8 Å². The van der Waals surface area contributed by atoms with Gasteiger partial charge in [-0.3, -0.25) is 13.9 Å². The molecule has 1 aliphatic rings. The molecule has 0 bridgehead atoms. The molecule has 0 aromatic heterocycles. The van der Waals surface area contributed by atoms with Crippen molar-refractivity contribution in [3.63, 3.8) is 0 Å². The molecule has 0 heterocycles. The Kier molecular flexibility index (Phi) is 11.3. The summed E-state index contributed by atoms with van der Waals surface area (Å²) in [5, 5.41) is 3.48. The molecule has 0 radical (unpaired) electrons. The Labute approximate surface area is 281 Å². The molecule has 2 amide bonds. The summed E-state index contributed by atoms with van der Waals surface area (Å²) in [4.78, 5) is 30.1. The third kappa shape index (κ3) is 8.99. The molecule has 0 spiro atoms. The fourth-order valence-corrected chi connectivity index (χ4v) is 7.47. The van der Waals surface area contributed by atoms with Gasteiger partial charge in [0.05, 0.1) is 10.6 Å². The van der Waals surface area contributed by atoms with Crippen molar-refractivity contribution in [1.29, 1.82) is 0 Å². The second-order valence-corrected chi connectivity index (χ2v) is 14.3. The van der Waals surface area contributed by atoms with E-state index in [9.17, 15) is 22.4 Å². The highest BCUT2D eigenvalue weighted by Gasteiger charge is 2.35. The molecule has 4 aromatic carbocycles. The van der Waals surface area contributed by atoms with Gasteiger partial charge in [-0.2, -0.15) is 0 Å². The van der Waals surface area contributed by atoms with Gasteiger partial charge in [0.15, 0.2) is 0 Å². The molecule has 1 fully saturated rings. The lowest BCUT2D eigenvalue weighted by atomic mass is 9.94. The number of amides is 2. The Bertz CT molecular complexity index is 1760. The zero-order chi connectivity index (χ0) is 33.4. The molecule has 1 saturated carbocycles. The second kappa shape index (κ2) is 15.6. The Morgan fingerprint density at radius 2 is 1.55 bits per heavy atom. The van der Waals surface area contributed by atoms with Crippen molar-refractivity contribution in [3.8, 4) is 0 Å². The van der Waals surface area contributed by atoms with Crippen LogP contribution in [0.15, 0.2) is 108 Å². The van der Waals surface area contributed by atoms with Crippen molar-refractivity contribution in [2.24, 2.45) is 0 Å². The maximum atomic E-state index is 14.6. The molecule has 246 valence electrons. The van der Waals surface area contributed by atoms with Crippen molar-refractivity contribution in [1.82, 2.24) is 10.2 Å². The topological polar surface area (TPSA) is 86.8 Å². The van der Waals surface area contributed by atoms with E-state index in [4.69, 9.17) is 11.6 Å². The van der Waals surface area contributed by atoms with E-state index in [1.165, 1.54) is 35.2 Å². The number of nitrogens with zero attached hydrogens (tertiary/aromatic N) is 2. The van der Waals surface area contributed by atoms with Crippen LogP contribution in [0.5, 0.6) is 0 Å². The zero-order valence-electron chi connectivity index (χ0n) is 26.3. The number of rotatable bonds is 12. The number of hydrogen-bond acceptors (Lipinski definition) is 4. The van der Waals surface area contributed by atoms with Gasteiger partial charge in [0, 0.05) is 24.0 Å². The van der Waals surface area contributed by atoms with Crippen molar-refractivity contribution < 1.29 is 22.4 Å². The average molecular weight is 676 g/mol. The summed E-state index contributed by atoms with van der Waals surface area (Å²) in [5.74, 6) is -1.34. The highest BCUT2D eigenvalue weighted by molar-refractivity contribution is 7.92. The summed E-state index contributed by atoms with van der Waals surface area (Å²) in [6, 6.07) is 26.8. The Hall–Kier alpha value is -4.21. The van der Waals surface area contributed by atoms with Crippen LogP contribution in [0.1, 0.15) is 48.8 Å². The summed E-state index contributed by atoms with van der Waals surface area (Å²) in [6.07, 6.45) is 5.05. The van der Waals surface area contributed by atoms with Crippen molar-refractivity contribution in [2.75, 3.05) is 10.8 Å². The predicted molar refractivity (Wildman–Crippen MR) is 183 cm³/mol. The fraction of sp³-hybridized carbons (Fsp3) is 0.297. The van der Waals surface area contributed by atoms with Crippen LogP contribution in [0.25, 0.3) is 0 Å². The first-order valence-electron chi connectivity index (χ1n) is 15.8. The minimum Gasteiger partial charge on any atom is -0.352 e. The number of aryl methyl sites for hydroxylation is 1. The van der Waals surface area contributed by atoms with Gasteiger partial charge in [-0.05, 0) is 73.4 Å². The SMILES string of the molecule is Cc1ccc(S(=O)(=O)N(CC(=O)N(Cc2ccc(F)cc2)[C@@H](Cc2ccccc2)C(=O)NC2CCCCC2)c2cccc(Cl)c2)cc1. The van der Waals surface area contributed by atoms with Crippen molar-refractivity contribution >= 4 is 39.1 Å². The minimum absolute atomic E-state index is 0.0110. The van der Waals surface area contributed by atoms with E-state index in [-0.39, 0.29) is 35.5 Å². The van der Waals surface area contributed by atoms with Gasteiger partial charge in [-0.15, -0.1) is 0 Å². The first kappa shape index (κ1) is 34.1. The van der Waals surface area contributed by atoms with E-state index in [2.05, 4.69) is 5.32 Å². The van der Waals surface area contributed by atoms with E-state index in [1.54, 1.807) is 42.5 Å². The number of nitrogens with one attached hydrogen (secondary N) is 1. The molecule has 0 unspecified atom stereocenters. The minimum atomic E-state index is -4.25. The average Bonchev–Trinajstić information content (AvgIpc) is 3.07. The molecule has 0 aliphatic heterocycles. The molecule has 5 rings (SSSR count). The van der Waals surface area contributed by atoms with Crippen LogP contribution in [0.4, 0.5) is 10.1 Å². The lowest BCUT2D eigenvalue weighted by Crippen LogP contribution is -2.55. The van der Waals surface area contributed by atoms with E-state index < -0.39 is 34.3 Å². The van der Waals surface area contributed by atoms with Gasteiger partial charge in [-0.1, -0.05) is 97.1 Å². The fourth-order valence-electron chi connectivity index (χ4n) is 5.88. The highest BCUT2D eigenvalue weighted by Crippen LogP contribution is 2.28. The van der Waals surface area contributed by atoms with Gasteiger partial charge in [0.1, 0.15) is 18.4 Å². The smallest absolute Gasteiger partial charge is 0.264 e. The molecule has 1 aliphatic carbocycles. The number of halogens is 2. The number of benzene rings is 4. The van der Waals surface area contributed by atoms with E-state index in [0.717, 1.165) is 47.5 Å². The quantitative estimate of drug-likeness (QED) is 0.174. The van der Waals surface area contributed by atoms with E-state index in [0.29, 0.717) is 10.6 Å². The van der Waals surface area contributed by atoms with Crippen LogP contribution in [0.2, 0.25) is 5.02 Å². The molecular formula is C37H39ClFN3O4S. The molecule has 10 heteroatoms. The van der Waals surface area contributed by atoms with Crippen LogP contribution in [-0.2, 0) is 32.6 Å². The summed E-state index contributed by atoms with van der Waals surface area (Å²) >= 11 is 6.30. The largest absolute Gasteiger partial charge is 0.352 e. The normalized spacial score (nSPS) is 14.3. The molecule has 7 nitrogen and oxygen atoms in total. The number of carbonyl (C=O) groups excluding carboxylic acids is 2. The third-order valence-electron chi connectivity index (χ3n) is 8.47. The van der Waals surface area contributed by atoms with Crippen LogP contribution in [-0.4, -0.2) is 43.8 Å². The summed E-state index contributed by atoms with van der Waals surface area (Å²) in [5.41, 5.74) is 2.53. The number of hydrogen-bond donors (Lipinski definition) is 1. The Morgan fingerprint density at radius 1 is 0.872 bits per heavy atom. The van der Waals surface area contributed by atoms with Crippen molar-refractivity contribution in [2.45, 2.75) is 69.0 Å². The Balaban J connectivity index is 1.56. The van der Waals surface area contributed by atoms with Gasteiger partial charge in [0.25, 0.3) is 10.0 Å². The first-order chi connectivity index (χ1) is 22.6. The summed E-state index contributed by atoms with van der Waals surface area (Å²) < 4.78 is 43.2. The lowest BCUT2D eigenvalue weighted by Gasteiger charge is -2.35. The number of anilines is 1. The summed E-state index contributed by atoms with van der Waals surface area (Å²) in [7, 11) is -4.25. The van der Waals surface area contributed by atoms with E-state index in [1.807, 2.05) is 37.3 Å². The second-order valence-electron chi connectivity index (χ2n) is 12.0. The molecule has 1 atom stereocenters. The number of sulfonamides is 1. The van der Waals surface area contributed by atoms with Crippen LogP contribution in [0, 0.1) is 12.7 Å². The standard InChI is InChI=1S/C37H39ClFN3O4S/c1-27-15-21-34(22-16-27)47(45,46)42(33-14-8-11-30(38)24-33)26-36(43)41(25-29-17-19-31(39)20-18-29)35(23-28-9-4-2-5-10-28)37(44)40-32-12-6-3-7-13-32/h2,4-5,8-11,14-22,24,32,35H,3,6-7,12-13,23,25-26H2,1H3,(H,40,44)/t35-/m0/s1. The van der Waals surface area contributed by atoms with Crippen LogP contribution < -0.4 is 9.62 Å². The maximum absolute atomic E-state index is 14.6. The number of carbonyl (C=O) groups is 2. The van der Waals surface area contributed by atoms with Gasteiger partial charge >= 0.3 is 0 Å². The van der Waals surface area contributed by atoms with Gasteiger partial charge < -0.3 is 10.2 Å². The highest BCUT2D eigenvalue weighted by atomic mass is 35.5. The molecular weight excluding hydrogens is 637 g/mol. The van der Waals surface area contributed by atoms with E-state index >= 15 is 0 Å².